The van der Waals surface area contributed by atoms with E-state index in [4.69, 9.17) is 4.42 Å². The third-order valence-corrected chi connectivity index (χ3v) is 5.94. The molecule has 1 amide bonds. The highest BCUT2D eigenvalue weighted by molar-refractivity contribution is 5.94. The molecule has 0 radical (unpaired) electrons. The van der Waals surface area contributed by atoms with E-state index in [0.29, 0.717) is 23.3 Å². The van der Waals surface area contributed by atoms with Gasteiger partial charge in [-0.15, -0.1) is 10.2 Å². The van der Waals surface area contributed by atoms with Crippen molar-refractivity contribution in [3.63, 3.8) is 0 Å². The standard InChI is InChI=1S/C29H30N4O4/c1-19(2)26(31-24-15-13-21(14-16-24)27(35)30-18-17-25(34)36-3)20-9-11-23(12-10-20)29-33-32-28(37-29)22-7-5-4-6-8-22/h4-16,19,26,31H,17-18H2,1-3H3,(H,30,35)/t26-/m0/s1. The maximum atomic E-state index is 12.3. The molecule has 0 aliphatic rings. The molecule has 1 heterocycles. The first-order valence-corrected chi connectivity index (χ1v) is 12.2. The van der Waals surface area contributed by atoms with E-state index in [2.05, 4.69) is 51.5 Å². The summed E-state index contributed by atoms with van der Waals surface area (Å²) in [5.41, 5.74) is 4.27. The quantitative estimate of drug-likeness (QED) is 0.278. The van der Waals surface area contributed by atoms with Gasteiger partial charge in [0.25, 0.3) is 5.91 Å². The normalized spacial score (nSPS) is 11.7. The van der Waals surface area contributed by atoms with Gasteiger partial charge in [-0.3, -0.25) is 9.59 Å². The first-order chi connectivity index (χ1) is 17.9. The fraction of sp³-hybridized carbons (Fsp3) is 0.241. The molecule has 0 saturated heterocycles. The topological polar surface area (TPSA) is 106 Å². The van der Waals surface area contributed by atoms with Crippen molar-refractivity contribution in [2.45, 2.75) is 26.3 Å². The zero-order valence-electron chi connectivity index (χ0n) is 21.1. The molecule has 1 aromatic heterocycles. The maximum absolute atomic E-state index is 12.3. The molecule has 0 bridgehead atoms. The van der Waals surface area contributed by atoms with Gasteiger partial charge in [0.1, 0.15) is 0 Å². The van der Waals surface area contributed by atoms with Crippen LogP contribution in [0.4, 0.5) is 5.69 Å². The zero-order valence-corrected chi connectivity index (χ0v) is 21.1. The number of nitrogens with zero attached hydrogens (tertiary/aromatic N) is 2. The van der Waals surface area contributed by atoms with Crippen molar-refractivity contribution in [2.75, 3.05) is 19.0 Å². The largest absolute Gasteiger partial charge is 0.469 e. The van der Waals surface area contributed by atoms with Gasteiger partial charge in [-0.2, -0.15) is 0 Å². The van der Waals surface area contributed by atoms with E-state index in [-0.39, 0.29) is 30.9 Å². The van der Waals surface area contributed by atoms with Crippen molar-refractivity contribution in [1.29, 1.82) is 0 Å². The zero-order chi connectivity index (χ0) is 26.2. The predicted molar refractivity (Wildman–Crippen MR) is 142 cm³/mol. The molecule has 1 atom stereocenters. The van der Waals surface area contributed by atoms with E-state index in [0.717, 1.165) is 22.4 Å². The summed E-state index contributed by atoms with van der Waals surface area (Å²) in [5, 5.41) is 14.7. The first kappa shape index (κ1) is 25.6. The summed E-state index contributed by atoms with van der Waals surface area (Å²) in [4.78, 5) is 23.5. The molecule has 2 N–H and O–H groups in total. The van der Waals surface area contributed by atoms with Gasteiger partial charge in [-0.1, -0.05) is 44.2 Å². The van der Waals surface area contributed by atoms with Gasteiger partial charge in [0.2, 0.25) is 11.8 Å². The molecule has 0 aliphatic carbocycles. The number of carbonyl (C=O) groups is 2. The summed E-state index contributed by atoms with van der Waals surface area (Å²) in [6, 6.07) is 25.1. The molecule has 0 aliphatic heterocycles. The molecule has 3 aromatic carbocycles. The Balaban J connectivity index is 1.41. The number of nitrogens with one attached hydrogen (secondary N) is 2. The highest BCUT2D eigenvalue weighted by Gasteiger charge is 2.17. The minimum absolute atomic E-state index is 0.0522. The summed E-state index contributed by atoms with van der Waals surface area (Å²) in [6.07, 6.45) is 0.136. The Morgan fingerprint density at radius 3 is 2.08 bits per heavy atom. The lowest BCUT2D eigenvalue weighted by Gasteiger charge is -2.24. The number of benzene rings is 3. The first-order valence-electron chi connectivity index (χ1n) is 12.2. The molecule has 0 unspecified atom stereocenters. The molecule has 4 aromatic rings. The van der Waals surface area contributed by atoms with Gasteiger partial charge in [0.05, 0.1) is 19.6 Å². The number of anilines is 1. The van der Waals surface area contributed by atoms with E-state index in [1.807, 2.05) is 54.6 Å². The van der Waals surface area contributed by atoms with E-state index in [1.165, 1.54) is 7.11 Å². The summed E-state index contributed by atoms with van der Waals surface area (Å²) in [5.74, 6) is 0.673. The van der Waals surface area contributed by atoms with Crippen molar-refractivity contribution >= 4 is 17.6 Å². The van der Waals surface area contributed by atoms with Crippen LogP contribution in [0.25, 0.3) is 22.9 Å². The summed E-state index contributed by atoms with van der Waals surface area (Å²) in [6.45, 7) is 4.53. The molecule has 8 heteroatoms. The van der Waals surface area contributed by atoms with Crippen molar-refractivity contribution in [3.8, 4) is 22.9 Å². The Hall–Kier alpha value is -4.46. The van der Waals surface area contributed by atoms with Crippen molar-refractivity contribution in [1.82, 2.24) is 15.5 Å². The highest BCUT2D eigenvalue weighted by Crippen LogP contribution is 2.29. The van der Waals surface area contributed by atoms with Crippen LogP contribution in [-0.4, -0.2) is 35.7 Å². The number of aromatic nitrogens is 2. The van der Waals surface area contributed by atoms with E-state index in [1.54, 1.807) is 12.1 Å². The number of amides is 1. The number of hydrogen-bond acceptors (Lipinski definition) is 7. The average molecular weight is 499 g/mol. The van der Waals surface area contributed by atoms with Crippen LogP contribution in [0.5, 0.6) is 0 Å². The number of ether oxygens (including phenoxy) is 1. The van der Waals surface area contributed by atoms with Crippen molar-refractivity contribution in [3.05, 3.63) is 90.0 Å². The Morgan fingerprint density at radius 2 is 1.49 bits per heavy atom. The van der Waals surface area contributed by atoms with Gasteiger partial charge in [-0.05, 0) is 60.0 Å². The van der Waals surface area contributed by atoms with Crippen LogP contribution in [0.2, 0.25) is 0 Å². The maximum Gasteiger partial charge on any atom is 0.307 e. The van der Waals surface area contributed by atoms with Gasteiger partial charge in [0.15, 0.2) is 0 Å². The highest BCUT2D eigenvalue weighted by atomic mass is 16.5. The lowest BCUT2D eigenvalue weighted by molar-refractivity contribution is -0.140. The molecule has 4 rings (SSSR count). The van der Waals surface area contributed by atoms with E-state index >= 15 is 0 Å². The molecular weight excluding hydrogens is 468 g/mol. The second-order valence-corrected chi connectivity index (χ2v) is 8.93. The summed E-state index contributed by atoms with van der Waals surface area (Å²) >= 11 is 0. The van der Waals surface area contributed by atoms with Crippen LogP contribution in [0, 0.1) is 5.92 Å². The fourth-order valence-corrected chi connectivity index (χ4v) is 3.88. The molecule has 37 heavy (non-hydrogen) atoms. The molecular formula is C29H30N4O4. The number of esters is 1. The fourth-order valence-electron chi connectivity index (χ4n) is 3.88. The van der Waals surface area contributed by atoms with Gasteiger partial charge in [-0.25, -0.2) is 0 Å². The Labute approximate surface area is 216 Å². The minimum atomic E-state index is -0.360. The van der Waals surface area contributed by atoms with Crippen molar-refractivity contribution in [2.24, 2.45) is 5.92 Å². The lowest BCUT2D eigenvalue weighted by Crippen LogP contribution is -2.26. The van der Waals surface area contributed by atoms with Crippen LogP contribution in [0.15, 0.2) is 83.3 Å². The molecule has 0 spiro atoms. The lowest BCUT2D eigenvalue weighted by atomic mass is 9.94. The van der Waals surface area contributed by atoms with Gasteiger partial charge >= 0.3 is 5.97 Å². The SMILES string of the molecule is COC(=O)CCNC(=O)c1ccc(N[C@H](c2ccc(-c3nnc(-c4ccccc4)o3)cc2)C(C)C)cc1. The number of hydrogen-bond donors (Lipinski definition) is 2. The number of rotatable bonds is 10. The predicted octanol–water partition coefficient (Wildman–Crippen LogP) is 5.51. The van der Waals surface area contributed by atoms with E-state index in [9.17, 15) is 9.59 Å². The monoisotopic (exact) mass is 498 g/mol. The Kier molecular flexibility index (Phi) is 8.30. The van der Waals surface area contributed by atoms with Crippen LogP contribution < -0.4 is 10.6 Å². The molecule has 0 fully saturated rings. The molecule has 8 nitrogen and oxygen atoms in total. The summed E-state index contributed by atoms with van der Waals surface area (Å²) in [7, 11) is 1.32. The molecule has 0 saturated carbocycles. The van der Waals surface area contributed by atoms with Crippen LogP contribution in [0.3, 0.4) is 0 Å². The minimum Gasteiger partial charge on any atom is -0.469 e. The van der Waals surface area contributed by atoms with Crippen LogP contribution >= 0.6 is 0 Å². The van der Waals surface area contributed by atoms with Gasteiger partial charge in [0, 0.05) is 28.9 Å². The smallest absolute Gasteiger partial charge is 0.307 e. The Bertz CT molecular complexity index is 1320. The number of carbonyl (C=O) groups excluding carboxylic acids is 2. The second-order valence-electron chi connectivity index (χ2n) is 8.93. The van der Waals surface area contributed by atoms with Gasteiger partial charge < -0.3 is 19.8 Å². The van der Waals surface area contributed by atoms with Crippen molar-refractivity contribution < 1.29 is 18.7 Å². The summed E-state index contributed by atoms with van der Waals surface area (Å²) < 4.78 is 10.5. The third-order valence-electron chi connectivity index (χ3n) is 5.94. The second kappa shape index (κ2) is 12.0. The average Bonchev–Trinajstić information content (AvgIpc) is 3.43. The number of methoxy groups -OCH3 is 1. The van der Waals surface area contributed by atoms with Crippen LogP contribution in [0.1, 0.15) is 42.2 Å². The van der Waals surface area contributed by atoms with E-state index < -0.39 is 0 Å². The van der Waals surface area contributed by atoms with Crippen LogP contribution in [-0.2, 0) is 9.53 Å². The third kappa shape index (κ3) is 6.61. The molecule has 190 valence electrons. The Morgan fingerprint density at radius 1 is 0.865 bits per heavy atom.